The zero-order valence-electron chi connectivity index (χ0n) is 49.7. The van der Waals surface area contributed by atoms with Crippen LogP contribution in [0.3, 0.4) is 0 Å². The molecule has 1 aliphatic heterocycles. The summed E-state index contributed by atoms with van der Waals surface area (Å²) in [6.45, 7) is 8.12. The fraction of sp³-hybridized carbons (Fsp3) is 0.333. The molecule has 4 heterocycles. The van der Waals surface area contributed by atoms with E-state index in [-0.39, 0.29) is 53.5 Å². The largest absolute Gasteiger partial charge is 0.469 e. The Hall–Kier alpha value is -9.39. The van der Waals surface area contributed by atoms with Crippen molar-refractivity contribution >= 4 is 75.6 Å². The standard InChI is InChI=1S/C47H51NO14.C19H14ClN5O3/c1-25-31(60-43(56)36(52)35(28-16-10-7-11-17-28)48-41(54)29-18-12-8-13-19-29)23-47(57)40(61-42(55)30-20-14-9-15-21-30)38-45(6,32(51)22-33-46(38,24-58-33)62-27(3)50)39(53)37(59-26(2)49)34(25)44(47,4)5;20-12-1-3-13(4-2-12)23-18-14-6-8-27-16(14)19(25-24-18)28-10-11-5-7-22-15(9-11)17(21)26/h7-21,31-33,35-38,40,51-52,57H,22-24H2,1-6H3,(H,48,54);1-9H,10H2,(H2,21,26)(H,23,24)/t31-,32-,33+,35-,36+,37+,38-,40-,45+,46?,47+;/m0./s1. The first kappa shape index (κ1) is 63.6. The molecule has 7 aromatic rings. The number of carbonyl (C=O) groups is 7. The number of nitrogens with two attached hydrogens (primary N) is 1. The van der Waals surface area contributed by atoms with E-state index in [9.17, 15) is 44.1 Å². The Morgan fingerprint density at radius 2 is 1.49 bits per heavy atom. The Balaban J connectivity index is 0.000000264. The number of fused-ring (bicyclic) bond motifs is 6. The van der Waals surface area contributed by atoms with Crippen molar-refractivity contribution in [2.45, 2.75) is 115 Å². The van der Waals surface area contributed by atoms with Crippen LogP contribution in [0.4, 0.5) is 11.5 Å². The SMILES string of the molecule is CC(=O)O[C@H]1C(=O)[C@@]2(C)[C@H]([C@H](OC(=O)c3ccccc3)[C@]3(O)C[C@H](OC(=O)[C@H](O)[C@@H](NC(=O)c4ccccc4)c4ccccc4)C(C)=C1C3(C)C)C1(OC(C)=O)CO[C@@H]1C[C@@H]2O.NC(=O)c1cc(COc2nnc(Nc3ccc(Cl)cc3)c3ccoc23)ccn1. The molecule has 11 rings (SSSR count). The van der Waals surface area contributed by atoms with Crippen LogP contribution in [0.2, 0.25) is 5.02 Å². The number of aliphatic hydroxyl groups is 3. The maximum Gasteiger partial charge on any atom is 0.338 e. The Morgan fingerprint density at radius 1 is 0.833 bits per heavy atom. The fourth-order valence-electron chi connectivity index (χ4n) is 12.7. The number of pyridine rings is 1. The molecule has 468 valence electrons. The third-order valence-electron chi connectivity index (χ3n) is 17.4. The van der Waals surface area contributed by atoms with Crippen LogP contribution in [-0.4, -0.2) is 126 Å². The van der Waals surface area contributed by atoms with Crippen LogP contribution in [-0.2, 0) is 49.5 Å². The number of benzene rings is 4. The molecule has 3 aromatic heterocycles. The van der Waals surface area contributed by atoms with Crippen LogP contribution in [0.25, 0.3) is 11.0 Å². The van der Waals surface area contributed by atoms with E-state index in [1.165, 1.54) is 38.4 Å². The lowest BCUT2D eigenvalue weighted by Crippen LogP contribution is -2.82. The molecular weight excluding hydrogens is 1180 g/mol. The molecular formula is C66H65ClN6O17. The molecule has 4 aliphatic rings. The van der Waals surface area contributed by atoms with Gasteiger partial charge in [-0.2, -0.15) is 0 Å². The summed E-state index contributed by atoms with van der Waals surface area (Å²) in [5.74, 6) is -6.68. The third-order valence-corrected chi connectivity index (χ3v) is 17.6. The van der Waals surface area contributed by atoms with Crippen molar-refractivity contribution in [3.8, 4) is 5.88 Å². The molecule has 2 amide bonds. The number of ether oxygens (including phenoxy) is 6. The highest BCUT2D eigenvalue weighted by Crippen LogP contribution is 2.64. The normalized spacial score (nSPS) is 25.3. The second-order valence-electron chi connectivity index (χ2n) is 23.2. The summed E-state index contributed by atoms with van der Waals surface area (Å²) in [5, 5.41) is 53.1. The highest BCUT2D eigenvalue weighted by molar-refractivity contribution is 6.30. The van der Waals surface area contributed by atoms with Gasteiger partial charge in [0, 0.05) is 54.6 Å². The van der Waals surface area contributed by atoms with Gasteiger partial charge < -0.3 is 64.5 Å². The van der Waals surface area contributed by atoms with Crippen LogP contribution in [0.15, 0.2) is 161 Å². The maximum absolute atomic E-state index is 15.5. The van der Waals surface area contributed by atoms with Gasteiger partial charge in [-0.15, -0.1) is 10.2 Å². The first-order chi connectivity index (χ1) is 42.9. The zero-order valence-corrected chi connectivity index (χ0v) is 50.4. The van der Waals surface area contributed by atoms with Crippen molar-refractivity contribution in [2.75, 3.05) is 11.9 Å². The van der Waals surface area contributed by atoms with E-state index in [1.807, 2.05) is 12.1 Å². The minimum absolute atomic E-state index is 0.00289. The molecule has 11 atom stereocenters. The number of esters is 4. The van der Waals surface area contributed by atoms with Crippen LogP contribution in [0, 0.1) is 16.7 Å². The summed E-state index contributed by atoms with van der Waals surface area (Å²) in [5.41, 5.74) is 0.372. The van der Waals surface area contributed by atoms with Crippen LogP contribution >= 0.6 is 11.6 Å². The summed E-state index contributed by atoms with van der Waals surface area (Å²) < 4.78 is 41.5. The van der Waals surface area contributed by atoms with Gasteiger partial charge in [0.1, 0.15) is 36.2 Å². The predicted molar refractivity (Wildman–Crippen MR) is 321 cm³/mol. The number of Topliss-reactive ketones (excluding diaryl/α,β-unsaturated/α-hetero) is 1. The second-order valence-corrected chi connectivity index (χ2v) is 23.6. The highest BCUT2D eigenvalue weighted by Gasteiger charge is 2.78. The summed E-state index contributed by atoms with van der Waals surface area (Å²) in [4.78, 5) is 98.6. The summed E-state index contributed by atoms with van der Waals surface area (Å²) in [7, 11) is 0. The third kappa shape index (κ3) is 12.1. The van der Waals surface area contributed by atoms with E-state index in [2.05, 4.69) is 25.8 Å². The number of aliphatic hydroxyl groups excluding tert-OH is 2. The monoisotopic (exact) mass is 1250 g/mol. The minimum Gasteiger partial charge on any atom is -0.469 e. The Labute approximate surface area is 520 Å². The quantitative estimate of drug-likeness (QED) is 0.0311. The smallest absolute Gasteiger partial charge is 0.338 e. The molecule has 2 saturated carbocycles. The second kappa shape index (κ2) is 25.6. The van der Waals surface area contributed by atoms with Crippen molar-refractivity contribution in [2.24, 2.45) is 22.5 Å². The van der Waals surface area contributed by atoms with Crippen molar-refractivity contribution in [1.82, 2.24) is 20.5 Å². The Bertz CT molecular complexity index is 3910. The molecule has 3 fully saturated rings. The number of hydrogen-bond acceptors (Lipinski definition) is 21. The van der Waals surface area contributed by atoms with Gasteiger partial charge in [0.25, 0.3) is 17.7 Å². The van der Waals surface area contributed by atoms with Gasteiger partial charge >= 0.3 is 23.9 Å². The van der Waals surface area contributed by atoms with Crippen molar-refractivity contribution in [1.29, 1.82) is 0 Å². The number of furan rings is 1. The lowest BCUT2D eigenvalue weighted by molar-refractivity contribution is -0.346. The van der Waals surface area contributed by atoms with Gasteiger partial charge in [-0.3, -0.25) is 29.0 Å². The lowest BCUT2D eigenvalue weighted by atomic mass is 9.44. The van der Waals surface area contributed by atoms with Crippen molar-refractivity contribution in [3.63, 3.8) is 0 Å². The summed E-state index contributed by atoms with van der Waals surface area (Å²) >= 11 is 5.91. The predicted octanol–water partition coefficient (Wildman–Crippen LogP) is 7.43. The summed E-state index contributed by atoms with van der Waals surface area (Å²) in [6, 6.07) is 35.2. The number of nitrogens with one attached hydrogen (secondary N) is 2. The first-order valence-electron chi connectivity index (χ1n) is 28.7. The van der Waals surface area contributed by atoms with E-state index < -0.39 is 119 Å². The van der Waals surface area contributed by atoms with Gasteiger partial charge in [0.2, 0.25) is 5.58 Å². The number of primary amides is 1. The number of aromatic nitrogens is 3. The van der Waals surface area contributed by atoms with E-state index in [4.69, 9.17) is 50.2 Å². The van der Waals surface area contributed by atoms with E-state index in [1.54, 1.807) is 123 Å². The molecule has 0 spiro atoms. The molecule has 1 saturated heterocycles. The minimum atomic E-state index is -2.39. The van der Waals surface area contributed by atoms with E-state index in [0.29, 0.717) is 32.9 Å². The number of ketones is 1. The average Bonchev–Trinajstić information content (AvgIpc) is 0.712. The number of carbonyl (C=O) groups excluding carboxylic acids is 7. The Morgan fingerprint density at radius 3 is 2.11 bits per heavy atom. The van der Waals surface area contributed by atoms with Gasteiger partial charge in [-0.25, -0.2) is 9.59 Å². The zero-order chi connectivity index (χ0) is 64.5. The molecule has 23 nitrogen and oxygen atoms in total. The van der Waals surface area contributed by atoms with Gasteiger partial charge in [-0.05, 0) is 103 Å². The van der Waals surface area contributed by atoms with Gasteiger partial charge in [-0.1, -0.05) is 92.2 Å². The topological polar surface area (TPSA) is 337 Å². The average molecular weight is 1250 g/mol. The van der Waals surface area contributed by atoms with E-state index in [0.717, 1.165) is 19.5 Å². The van der Waals surface area contributed by atoms with E-state index >= 15 is 4.79 Å². The maximum atomic E-state index is 15.5. The number of nitrogens with zero attached hydrogens (tertiary/aromatic N) is 3. The number of anilines is 2. The number of amides is 2. The number of hydrogen-bond donors (Lipinski definition) is 6. The van der Waals surface area contributed by atoms with Gasteiger partial charge in [0.15, 0.2) is 29.4 Å². The number of halogens is 1. The summed E-state index contributed by atoms with van der Waals surface area (Å²) in [6.07, 6.45) is -7.49. The lowest BCUT2D eigenvalue weighted by Gasteiger charge is -2.67. The number of rotatable bonds is 16. The highest BCUT2D eigenvalue weighted by atomic mass is 35.5. The van der Waals surface area contributed by atoms with Crippen LogP contribution in [0.5, 0.6) is 5.88 Å². The van der Waals surface area contributed by atoms with Crippen LogP contribution in [0.1, 0.15) is 103 Å². The first-order valence-corrected chi connectivity index (χ1v) is 29.1. The molecule has 7 N–H and O–H groups in total. The van der Waals surface area contributed by atoms with Crippen molar-refractivity contribution < 1.29 is 81.7 Å². The molecule has 2 bridgehead atoms. The fourth-order valence-corrected chi connectivity index (χ4v) is 12.9. The Kier molecular flexibility index (Phi) is 18.1. The molecule has 4 aromatic carbocycles. The van der Waals surface area contributed by atoms with Crippen molar-refractivity contribution in [3.05, 3.63) is 190 Å². The molecule has 24 heteroatoms. The van der Waals surface area contributed by atoms with Gasteiger partial charge in [0.05, 0.1) is 47.3 Å². The molecule has 1 unspecified atom stereocenters. The van der Waals surface area contributed by atoms with Crippen LogP contribution < -0.4 is 21.1 Å². The molecule has 90 heavy (non-hydrogen) atoms. The molecule has 0 radical (unpaired) electrons. The molecule has 3 aliphatic carbocycles.